The SMILES string of the molecule is COc1n[nH]c(NC(=O)OC(C)(C)C)n1. The van der Waals surface area contributed by atoms with Gasteiger partial charge >= 0.3 is 12.1 Å². The molecule has 1 amide bonds. The van der Waals surface area contributed by atoms with Crippen molar-refractivity contribution in [3.05, 3.63) is 0 Å². The van der Waals surface area contributed by atoms with Crippen molar-refractivity contribution in [3.63, 3.8) is 0 Å². The van der Waals surface area contributed by atoms with E-state index in [2.05, 4.69) is 20.5 Å². The second-order valence-corrected chi connectivity index (χ2v) is 3.80. The number of rotatable bonds is 2. The highest BCUT2D eigenvalue weighted by Gasteiger charge is 2.17. The third-order valence-corrected chi connectivity index (χ3v) is 1.27. The van der Waals surface area contributed by atoms with Crippen LogP contribution in [0.2, 0.25) is 0 Å². The number of methoxy groups -OCH3 is 1. The van der Waals surface area contributed by atoms with Gasteiger partial charge in [0.15, 0.2) is 0 Å². The minimum absolute atomic E-state index is 0.154. The van der Waals surface area contributed by atoms with Crippen molar-refractivity contribution in [3.8, 4) is 6.01 Å². The first-order valence-corrected chi connectivity index (χ1v) is 4.37. The number of carbonyl (C=O) groups excluding carboxylic acids is 1. The first kappa shape index (κ1) is 11.3. The van der Waals surface area contributed by atoms with E-state index in [1.807, 2.05) is 0 Å². The fourth-order valence-electron chi connectivity index (χ4n) is 0.794. The first-order valence-electron chi connectivity index (χ1n) is 4.37. The molecule has 1 aromatic heterocycles. The lowest BCUT2D eigenvalue weighted by molar-refractivity contribution is 0.0634. The molecule has 1 heterocycles. The molecule has 15 heavy (non-hydrogen) atoms. The highest BCUT2D eigenvalue weighted by molar-refractivity contribution is 5.82. The Labute approximate surface area is 87.2 Å². The molecule has 0 aliphatic carbocycles. The zero-order chi connectivity index (χ0) is 11.5. The number of hydrogen-bond acceptors (Lipinski definition) is 5. The standard InChI is InChI=1S/C8H14N4O3/c1-8(2,3)15-7(13)10-5-9-6(14-4)12-11-5/h1-4H3,(H2,9,10,11,12,13). The van der Waals surface area contributed by atoms with Crippen molar-refractivity contribution in [2.45, 2.75) is 26.4 Å². The summed E-state index contributed by atoms with van der Waals surface area (Å²) in [6.07, 6.45) is -0.596. The summed E-state index contributed by atoms with van der Waals surface area (Å²) in [5.74, 6) is 0.182. The molecule has 0 saturated heterocycles. The van der Waals surface area contributed by atoms with Crippen molar-refractivity contribution >= 4 is 12.0 Å². The number of amides is 1. The van der Waals surface area contributed by atoms with Crippen molar-refractivity contribution < 1.29 is 14.3 Å². The molecule has 0 bridgehead atoms. The van der Waals surface area contributed by atoms with E-state index in [9.17, 15) is 4.79 Å². The molecule has 0 spiro atoms. The van der Waals surface area contributed by atoms with Gasteiger partial charge in [0.25, 0.3) is 0 Å². The summed E-state index contributed by atoms with van der Waals surface area (Å²) in [6, 6.07) is 0.154. The summed E-state index contributed by atoms with van der Waals surface area (Å²) >= 11 is 0. The number of hydrogen-bond donors (Lipinski definition) is 2. The first-order chi connectivity index (χ1) is 6.90. The number of anilines is 1. The lowest BCUT2D eigenvalue weighted by Gasteiger charge is -2.18. The van der Waals surface area contributed by atoms with Crippen molar-refractivity contribution in [1.29, 1.82) is 0 Å². The summed E-state index contributed by atoms with van der Waals surface area (Å²) in [5.41, 5.74) is -0.547. The smallest absolute Gasteiger partial charge is 0.414 e. The maximum absolute atomic E-state index is 11.3. The Hall–Kier alpha value is -1.79. The quantitative estimate of drug-likeness (QED) is 0.771. The predicted molar refractivity (Wildman–Crippen MR) is 52.8 cm³/mol. The Kier molecular flexibility index (Phi) is 3.13. The van der Waals surface area contributed by atoms with Gasteiger partial charge in [-0.15, -0.1) is 5.10 Å². The van der Waals surface area contributed by atoms with Crippen molar-refractivity contribution in [1.82, 2.24) is 15.2 Å². The number of ether oxygens (including phenoxy) is 2. The van der Waals surface area contributed by atoms with E-state index in [4.69, 9.17) is 9.47 Å². The Morgan fingerprint density at radius 2 is 2.13 bits per heavy atom. The monoisotopic (exact) mass is 214 g/mol. The van der Waals surface area contributed by atoms with E-state index in [-0.39, 0.29) is 12.0 Å². The van der Waals surface area contributed by atoms with Crippen LogP contribution in [0.5, 0.6) is 6.01 Å². The van der Waals surface area contributed by atoms with E-state index in [1.54, 1.807) is 20.8 Å². The van der Waals surface area contributed by atoms with Gasteiger partial charge in [0.05, 0.1) is 7.11 Å². The van der Waals surface area contributed by atoms with Gasteiger partial charge in [-0.25, -0.2) is 9.89 Å². The Balaban J connectivity index is 2.51. The molecule has 0 aliphatic rings. The summed E-state index contributed by atoms with van der Waals surface area (Å²) in [7, 11) is 1.43. The lowest BCUT2D eigenvalue weighted by Crippen LogP contribution is -2.27. The van der Waals surface area contributed by atoms with Crippen LogP contribution in [0.3, 0.4) is 0 Å². The second kappa shape index (κ2) is 4.16. The molecular weight excluding hydrogens is 200 g/mol. The van der Waals surface area contributed by atoms with Crippen LogP contribution in [0.4, 0.5) is 10.7 Å². The topological polar surface area (TPSA) is 89.1 Å². The van der Waals surface area contributed by atoms with Gasteiger partial charge < -0.3 is 9.47 Å². The van der Waals surface area contributed by atoms with E-state index in [1.165, 1.54) is 7.11 Å². The number of nitrogens with zero attached hydrogens (tertiary/aromatic N) is 2. The van der Waals surface area contributed by atoms with Crippen LogP contribution in [0.15, 0.2) is 0 Å². The maximum atomic E-state index is 11.3. The van der Waals surface area contributed by atoms with Crippen molar-refractivity contribution in [2.75, 3.05) is 12.4 Å². The van der Waals surface area contributed by atoms with Gasteiger partial charge in [-0.3, -0.25) is 5.32 Å². The number of nitrogens with one attached hydrogen (secondary N) is 2. The molecule has 1 rings (SSSR count). The van der Waals surface area contributed by atoms with Gasteiger partial charge in [0.2, 0.25) is 5.95 Å². The molecular formula is C8H14N4O3. The summed E-state index contributed by atoms with van der Waals surface area (Å²) in [6.45, 7) is 5.31. The second-order valence-electron chi connectivity index (χ2n) is 3.80. The molecule has 0 aromatic carbocycles. The summed E-state index contributed by atoms with van der Waals surface area (Å²) in [5, 5.41) is 8.51. The third-order valence-electron chi connectivity index (χ3n) is 1.27. The molecule has 0 atom stereocenters. The predicted octanol–water partition coefficient (Wildman–Crippen LogP) is 1.16. The minimum Gasteiger partial charge on any atom is -0.466 e. The summed E-state index contributed by atoms with van der Waals surface area (Å²) in [4.78, 5) is 15.1. The number of carbonyl (C=O) groups is 1. The van der Waals surface area contributed by atoms with E-state index in [0.717, 1.165) is 0 Å². The van der Waals surface area contributed by atoms with Crippen LogP contribution in [0.25, 0.3) is 0 Å². The average Bonchev–Trinajstić information content (AvgIpc) is 2.48. The minimum atomic E-state index is -0.596. The van der Waals surface area contributed by atoms with Gasteiger partial charge in [0.1, 0.15) is 5.60 Å². The van der Waals surface area contributed by atoms with E-state index in [0.29, 0.717) is 0 Å². The normalized spacial score (nSPS) is 10.9. The van der Waals surface area contributed by atoms with Gasteiger partial charge in [-0.1, -0.05) is 0 Å². The molecule has 0 saturated carbocycles. The molecule has 2 N–H and O–H groups in total. The van der Waals surface area contributed by atoms with Crippen LogP contribution in [0.1, 0.15) is 20.8 Å². The summed E-state index contributed by atoms with van der Waals surface area (Å²) < 4.78 is 9.74. The van der Waals surface area contributed by atoms with Crippen LogP contribution >= 0.6 is 0 Å². The fourth-order valence-corrected chi connectivity index (χ4v) is 0.794. The third kappa shape index (κ3) is 3.84. The Morgan fingerprint density at radius 3 is 2.60 bits per heavy atom. The number of H-pyrrole nitrogens is 1. The molecule has 7 nitrogen and oxygen atoms in total. The van der Waals surface area contributed by atoms with Crippen molar-refractivity contribution in [2.24, 2.45) is 0 Å². The Morgan fingerprint density at radius 1 is 1.47 bits per heavy atom. The molecule has 1 aromatic rings. The van der Waals surface area contributed by atoms with Gasteiger partial charge in [-0.05, 0) is 20.8 Å². The van der Waals surface area contributed by atoms with Crippen LogP contribution in [0, 0.1) is 0 Å². The zero-order valence-corrected chi connectivity index (χ0v) is 9.12. The molecule has 0 radical (unpaired) electrons. The molecule has 0 aliphatic heterocycles. The van der Waals surface area contributed by atoms with E-state index >= 15 is 0 Å². The van der Waals surface area contributed by atoms with Crippen LogP contribution in [-0.2, 0) is 4.74 Å². The fraction of sp³-hybridized carbons (Fsp3) is 0.625. The maximum Gasteiger partial charge on any atom is 0.414 e. The average molecular weight is 214 g/mol. The lowest BCUT2D eigenvalue weighted by atomic mass is 10.2. The molecule has 84 valence electrons. The zero-order valence-electron chi connectivity index (χ0n) is 9.12. The molecule has 0 unspecified atom stereocenters. The molecule has 7 heteroatoms. The van der Waals surface area contributed by atoms with E-state index < -0.39 is 11.7 Å². The Bertz CT molecular complexity index is 342. The largest absolute Gasteiger partial charge is 0.466 e. The number of aromatic nitrogens is 3. The van der Waals surface area contributed by atoms with Crippen LogP contribution < -0.4 is 10.1 Å². The highest BCUT2D eigenvalue weighted by atomic mass is 16.6. The number of aromatic amines is 1. The highest BCUT2D eigenvalue weighted by Crippen LogP contribution is 2.09. The van der Waals surface area contributed by atoms with Gasteiger partial charge in [-0.2, -0.15) is 4.98 Å². The van der Waals surface area contributed by atoms with Gasteiger partial charge in [0, 0.05) is 0 Å². The molecule has 0 fully saturated rings. The van der Waals surface area contributed by atoms with Crippen LogP contribution in [-0.4, -0.2) is 34.0 Å².